The Kier molecular flexibility index (Phi) is 4.34. The van der Waals surface area contributed by atoms with Crippen LogP contribution in [-0.4, -0.2) is 5.91 Å². The molecular formula is C17H15FN2O. The minimum Gasteiger partial charge on any atom is -0.346 e. The Morgan fingerprint density at radius 1 is 1.14 bits per heavy atom. The summed E-state index contributed by atoms with van der Waals surface area (Å²) in [6, 6.07) is 18.0. The predicted molar refractivity (Wildman–Crippen MR) is 77.8 cm³/mol. The van der Waals surface area contributed by atoms with Gasteiger partial charge in [-0.1, -0.05) is 60.7 Å². The van der Waals surface area contributed by atoms with Gasteiger partial charge in [0, 0.05) is 5.56 Å². The lowest BCUT2D eigenvalue weighted by Gasteiger charge is -2.21. The predicted octanol–water partition coefficient (Wildman–Crippen LogP) is 3.25. The number of hydrogen-bond acceptors (Lipinski definition) is 2. The molecule has 2 rings (SSSR count). The Balaban J connectivity index is 2.21. The highest BCUT2D eigenvalue weighted by Gasteiger charge is 2.41. The van der Waals surface area contributed by atoms with Gasteiger partial charge in [0.2, 0.25) is 0 Å². The molecule has 0 unspecified atom stereocenters. The number of nitrogens with zero attached hydrogens (tertiary/aromatic N) is 1. The third-order valence-electron chi connectivity index (χ3n) is 3.29. The van der Waals surface area contributed by atoms with E-state index in [2.05, 4.69) is 5.32 Å². The molecule has 2 aromatic rings. The SMILES string of the molecule is C[C@@H](NC(=O)[C@@](F)(C#N)c1ccccc1)c1ccccc1. The smallest absolute Gasteiger partial charge is 0.298 e. The Bertz CT molecular complexity index is 651. The Labute approximate surface area is 123 Å². The molecule has 0 saturated heterocycles. The van der Waals surface area contributed by atoms with Crippen LogP contribution >= 0.6 is 0 Å². The molecule has 2 atom stereocenters. The number of halogens is 1. The summed E-state index contributed by atoms with van der Waals surface area (Å²) in [7, 11) is 0. The first-order chi connectivity index (χ1) is 10.1. The Hall–Kier alpha value is -2.67. The molecule has 0 saturated carbocycles. The van der Waals surface area contributed by atoms with Crippen molar-refractivity contribution in [2.24, 2.45) is 0 Å². The number of rotatable bonds is 4. The highest BCUT2D eigenvalue weighted by atomic mass is 19.1. The minimum atomic E-state index is -2.69. The minimum absolute atomic E-state index is 0.0326. The molecule has 0 fully saturated rings. The number of nitrogens with one attached hydrogen (secondary N) is 1. The lowest BCUT2D eigenvalue weighted by atomic mass is 9.95. The zero-order valence-electron chi connectivity index (χ0n) is 11.6. The van der Waals surface area contributed by atoms with Gasteiger partial charge in [0.25, 0.3) is 11.6 Å². The van der Waals surface area contributed by atoms with E-state index < -0.39 is 11.6 Å². The van der Waals surface area contributed by atoms with Crippen molar-refractivity contribution in [3.63, 3.8) is 0 Å². The Morgan fingerprint density at radius 3 is 2.19 bits per heavy atom. The zero-order chi connectivity index (χ0) is 15.3. The number of amides is 1. The fourth-order valence-electron chi connectivity index (χ4n) is 2.04. The van der Waals surface area contributed by atoms with Gasteiger partial charge in [-0.25, -0.2) is 4.39 Å². The molecule has 21 heavy (non-hydrogen) atoms. The van der Waals surface area contributed by atoms with Gasteiger partial charge in [-0.2, -0.15) is 5.26 Å². The summed E-state index contributed by atoms with van der Waals surface area (Å²) in [5, 5.41) is 11.7. The van der Waals surface area contributed by atoms with Gasteiger partial charge in [-0.15, -0.1) is 0 Å². The van der Waals surface area contributed by atoms with E-state index in [1.165, 1.54) is 18.2 Å². The van der Waals surface area contributed by atoms with Gasteiger partial charge in [0.15, 0.2) is 0 Å². The fraction of sp³-hybridized carbons (Fsp3) is 0.176. The number of carbonyl (C=O) groups is 1. The summed E-state index contributed by atoms with van der Waals surface area (Å²) in [4.78, 5) is 12.2. The van der Waals surface area contributed by atoms with E-state index in [-0.39, 0.29) is 11.6 Å². The number of benzene rings is 2. The second-order valence-electron chi connectivity index (χ2n) is 4.74. The average molecular weight is 282 g/mol. The highest BCUT2D eigenvalue weighted by molar-refractivity contribution is 5.89. The van der Waals surface area contributed by atoms with Crippen molar-refractivity contribution in [1.82, 2.24) is 5.32 Å². The van der Waals surface area contributed by atoms with Gasteiger partial charge in [-0.3, -0.25) is 4.79 Å². The molecule has 0 aliphatic heterocycles. The van der Waals surface area contributed by atoms with Crippen molar-refractivity contribution < 1.29 is 9.18 Å². The highest BCUT2D eigenvalue weighted by Crippen LogP contribution is 2.26. The van der Waals surface area contributed by atoms with Crippen LogP contribution in [0.25, 0.3) is 0 Å². The van der Waals surface area contributed by atoms with Gasteiger partial charge in [0.1, 0.15) is 6.07 Å². The maximum absolute atomic E-state index is 14.7. The van der Waals surface area contributed by atoms with Crippen LogP contribution in [0.1, 0.15) is 24.1 Å². The topological polar surface area (TPSA) is 52.9 Å². The molecular weight excluding hydrogens is 267 g/mol. The van der Waals surface area contributed by atoms with Crippen LogP contribution < -0.4 is 5.32 Å². The monoisotopic (exact) mass is 282 g/mol. The normalized spacial score (nSPS) is 14.5. The lowest BCUT2D eigenvalue weighted by Crippen LogP contribution is -2.41. The second kappa shape index (κ2) is 6.19. The second-order valence-corrected chi connectivity index (χ2v) is 4.74. The molecule has 4 heteroatoms. The van der Waals surface area contributed by atoms with E-state index in [0.29, 0.717) is 0 Å². The third kappa shape index (κ3) is 3.09. The first kappa shape index (κ1) is 14.7. The molecule has 2 aromatic carbocycles. The van der Waals surface area contributed by atoms with Crippen molar-refractivity contribution in [2.75, 3.05) is 0 Å². The largest absolute Gasteiger partial charge is 0.346 e. The number of hydrogen-bond donors (Lipinski definition) is 1. The molecule has 106 valence electrons. The molecule has 0 aromatic heterocycles. The molecule has 3 nitrogen and oxygen atoms in total. The van der Waals surface area contributed by atoms with Crippen LogP contribution in [0, 0.1) is 11.3 Å². The summed E-state index contributed by atoms with van der Waals surface area (Å²) >= 11 is 0. The summed E-state index contributed by atoms with van der Waals surface area (Å²) in [5.41, 5.74) is -1.81. The van der Waals surface area contributed by atoms with Crippen molar-refractivity contribution in [3.05, 3.63) is 71.8 Å². The van der Waals surface area contributed by atoms with Crippen LogP contribution in [0.2, 0.25) is 0 Å². The summed E-state index contributed by atoms with van der Waals surface area (Å²) in [6.07, 6.45) is 0. The van der Waals surface area contributed by atoms with Gasteiger partial charge < -0.3 is 5.32 Å². The average Bonchev–Trinajstić information content (AvgIpc) is 2.55. The van der Waals surface area contributed by atoms with E-state index in [0.717, 1.165) is 5.56 Å². The van der Waals surface area contributed by atoms with E-state index in [4.69, 9.17) is 5.26 Å². The van der Waals surface area contributed by atoms with Gasteiger partial charge in [0.05, 0.1) is 6.04 Å². The van der Waals surface area contributed by atoms with E-state index in [1.807, 2.05) is 30.3 Å². The standard InChI is InChI=1S/C17H15FN2O/c1-13(14-8-4-2-5-9-14)20-16(21)17(18,12-19)15-10-6-3-7-11-15/h2-11,13H,1H3,(H,20,21)/t13-,17-/m1/s1. The van der Waals surface area contributed by atoms with E-state index >= 15 is 0 Å². The number of alkyl halides is 1. The third-order valence-corrected chi connectivity index (χ3v) is 3.29. The number of nitriles is 1. The molecule has 0 bridgehead atoms. The lowest BCUT2D eigenvalue weighted by molar-refractivity contribution is -0.130. The molecule has 0 radical (unpaired) electrons. The molecule has 0 heterocycles. The summed E-state index contributed by atoms with van der Waals surface area (Å²) in [5.74, 6) is -0.951. The molecule has 0 aliphatic rings. The van der Waals surface area contributed by atoms with Crippen LogP contribution in [-0.2, 0) is 10.5 Å². The zero-order valence-corrected chi connectivity index (χ0v) is 11.6. The van der Waals surface area contributed by atoms with E-state index in [1.54, 1.807) is 25.1 Å². The summed E-state index contributed by atoms with van der Waals surface area (Å²) in [6.45, 7) is 1.75. The van der Waals surface area contributed by atoms with Gasteiger partial charge >= 0.3 is 0 Å². The van der Waals surface area contributed by atoms with Crippen LogP contribution in [0.4, 0.5) is 4.39 Å². The maximum Gasteiger partial charge on any atom is 0.298 e. The van der Waals surface area contributed by atoms with Crippen molar-refractivity contribution in [2.45, 2.75) is 18.6 Å². The fourth-order valence-corrected chi connectivity index (χ4v) is 2.04. The van der Waals surface area contributed by atoms with Crippen LogP contribution in [0.15, 0.2) is 60.7 Å². The molecule has 1 amide bonds. The summed E-state index contributed by atoms with van der Waals surface area (Å²) < 4.78 is 14.7. The van der Waals surface area contributed by atoms with Crippen molar-refractivity contribution >= 4 is 5.91 Å². The van der Waals surface area contributed by atoms with Gasteiger partial charge in [-0.05, 0) is 12.5 Å². The maximum atomic E-state index is 14.7. The number of carbonyl (C=O) groups excluding carboxylic acids is 1. The molecule has 1 N–H and O–H groups in total. The first-order valence-electron chi connectivity index (χ1n) is 6.59. The van der Waals surface area contributed by atoms with Crippen LogP contribution in [0.3, 0.4) is 0 Å². The molecule has 0 spiro atoms. The Morgan fingerprint density at radius 2 is 1.67 bits per heavy atom. The van der Waals surface area contributed by atoms with Crippen LogP contribution in [0.5, 0.6) is 0 Å². The van der Waals surface area contributed by atoms with Crippen molar-refractivity contribution in [1.29, 1.82) is 5.26 Å². The van der Waals surface area contributed by atoms with Crippen molar-refractivity contribution in [3.8, 4) is 6.07 Å². The first-order valence-corrected chi connectivity index (χ1v) is 6.59. The van der Waals surface area contributed by atoms with E-state index in [9.17, 15) is 9.18 Å². The molecule has 0 aliphatic carbocycles. The quantitative estimate of drug-likeness (QED) is 0.935.